The summed E-state index contributed by atoms with van der Waals surface area (Å²) in [5.74, 6) is -0.422. The van der Waals surface area contributed by atoms with Crippen LogP contribution in [0.15, 0.2) is 72.8 Å². The summed E-state index contributed by atoms with van der Waals surface area (Å²) in [6, 6.07) is 22.8. The van der Waals surface area contributed by atoms with Gasteiger partial charge in [0.1, 0.15) is 0 Å². The van der Waals surface area contributed by atoms with Gasteiger partial charge in [-0.15, -0.1) is 11.3 Å². The van der Waals surface area contributed by atoms with Crippen LogP contribution in [0.25, 0.3) is 0 Å². The van der Waals surface area contributed by atoms with Gasteiger partial charge in [-0.2, -0.15) is 0 Å². The molecule has 1 amide bonds. The number of hydrogen-bond acceptors (Lipinski definition) is 5. The molecule has 1 heterocycles. The molecule has 0 bridgehead atoms. The molecule has 3 rings (SSSR count). The average molecular weight is 425 g/mol. The van der Waals surface area contributed by atoms with Gasteiger partial charge in [0.05, 0.1) is 17.1 Å². The molecule has 2 aromatic carbocycles. The molecule has 158 valence electrons. The zero-order valence-corrected chi connectivity index (χ0v) is 17.8. The number of rotatable bonds is 10. The Kier molecular flexibility index (Phi) is 7.76. The summed E-state index contributed by atoms with van der Waals surface area (Å²) < 4.78 is 0. The molecule has 0 spiro atoms. The summed E-state index contributed by atoms with van der Waals surface area (Å²) in [6.45, 7) is 2.85. The van der Waals surface area contributed by atoms with Crippen LogP contribution in [0.4, 0.5) is 0 Å². The lowest BCUT2D eigenvalue weighted by molar-refractivity contribution is 0.0482. The number of primary amides is 1. The third-order valence-corrected chi connectivity index (χ3v) is 6.33. The zero-order chi connectivity index (χ0) is 21.5. The van der Waals surface area contributed by atoms with Gasteiger partial charge < -0.3 is 15.9 Å². The SMILES string of the molecule is C[C@H](Cc1ccc(C(N)=O)s1)N(C[C@@H](O)c1ccccc1)C[C@@H](O)c1ccccc1. The largest absolute Gasteiger partial charge is 0.387 e. The highest BCUT2D eigenvalue weighted by atomic mass is 32.1. The van der Waals surface area contributed by atoms with Gasteiger partial charge in [0, 0.05) is 24.0 Å². The van der Waals surface area contributed by atoms with Gasteiger partial charge in [0.25, 0.3) is 5.91 Å². The van der Waals surface area contributed by atoms with Crippen molar-refractivity contribution < 1.29 is 15.0 Å². The first-order chi connectivity index (χ1) is 14.4. The third-order valence-electron chi connectivity index (χ3n) is 5.21. The van der Waals surface area contributed by atoms with E-state index in [1.807, 2.05) is 66.7 Å². The van der Waals surface area contributed by atoms with Gasteiger partial charge in [-0.1, -0.05) is 60.7 Å². The van der Waals surface area contributed by atoms with E-state index in [0.717, 1.165) is 16.0 Å². The summed E-state index contributed by atoms with van der Waals surface area (Å²) in [5, 5.41) is 21.6. The van der Waals surface area contributed by atoms with Gasteiger partial charge in [-0.05, 0) is 36.6 Å². The number of carbonyl (C=O) groups is 1. The Morgan fingerprint density at radius 2 is 1.40 bits per heavy atom. The number of hydrogen-bond donors (Lipinski definition) is 3. The lowest BCUT2D eigenvalue weighted by Crippen LogP contribution is -2.40. The Labute approximate surface area is 181 Å². The lowest BCUT2D eigenvalue weighted by atomic mass is 10.0. The number of thiophene rings is 1. The van der Waals surface area contributed by atoms with Crippen LogP contribution in [0.1, 0.15) is 44.8 Å². The molecule has 6 heteroatoms. The first-order valence-electron chi connectivity index (χ1n) is 10.0. The molecule has 5 nitrogen and oxygen atoms in total. The lowest BCUT2D eigenvalue weighted by Gasteiger charge is -2.32. The maximum absolute atomic E-state index is 11.4. The summed E-state index contributed by atoms with van der Waals surface area (Å²) in [6.07, 6.45) is -0.636. The van der Waals surface area contributed by atoms with Crippen molar-refractivity contribution in [2.45, 2.75) is 31.6 Å². The first-order valence-corrected chi connectivity index (χ1v) is 10.8. The Bertz CT molecular complexity index is 882. The van der Waals surface area contributed by atoms with E-state index in [-0.39, 0.29) is 6.04 Å². The predicted molar refractivity (Wildman–Crippen MR) is 120 cm³/mol. The Morgan fingerprint density at radius 3 is 1.83 bits per heavy atom. The maximum atomic E-state index is 11.4. The molecule has 0 radical (unpaired) electrons. The van der Waals surface area contributed by atoms with Gasteiger partial charge in [-0.3, -0.25) is 9.69 Å². The van der Waals surface area contributed by atoms with Crippen molar-refractivity contribution >= 4 is 17.2 Å². The molecule has 0 aliphatic rings. The minimum absolute atomic E-state index is 0.0427. The second-order valence-electron chi connectivity index (χ2n) is 7.49. The Morgan fingerprint density at radius 1 is 0.900 bits per heavy atom. The standard InChI is InChI=1S/C24H28N2O3S/c1-17(14-20-12-13-23(30-20)24(25)29)26(15-21(27)18-8-4-2-5-9-18)16-22(28)19-10-6-3-7-11-19/h2-13,17,21-22,27-28H,14-16H2,1H3,(H2,25,29)/t17-,21-,22-/m1/s1. The first kappa shape index (κ1) is 22.2. The van der Waals surface area contributed by atoms with Crippen molar-refractivity contribution in [3.8, 4) is 0 Å². The monoisotopic (exact) mass is 424 g/mol. The summed E-state index contributed by atoms with van der Waals surface area (Å²) >= 11 is 1.39. The van der Waals surface area contributed by atoms with E-state index in [0.29, 0.717) is 24.4 Å². The number of aliphatic hydroxyl groups is 2. The van der Waals surface area contributed by atoms with Gasteiger partial charge >= 0.3 is 0 Å². The van der Waals surface area contributed by atoms with Gasteiger partial charge in [-0.25, -0.2) is 0 Å². The molecule has 0 fully saturated rings. The fourth-order valence-corrected chi connectivity index (χ4v) is 4.46. The quantitative estimate of drug-likeness (QED) is 0.465. The van der Waals surface area contributed by atoms with Crippen LogP contribution in [0.2, 0.25) is 0 Å². The summed E-state index contributed by atoms with van der Waals surface area (Å²) in [5.41, 5.74) is 7.06. The van der Waals surface area contributed by atoms with E-state index in [4.69, 9.17) is 5.73 Å². The minimum Gasteiger partial charge on any atom is -0.387 e. The number of carbonyl (C=O) groups excluding carboxylic acids is 1. The number of benzene rings is 2. The van der Waals surface area contributed by atoms with E-state index >= 15 is 0 Å². The van der Waals surface area contributed by atoms with Crippen LogP contribution >= 0.6 is 11.3 Å². The van der Waals surface area contributed by atoms with Crippen molar-refractivity contribution in [2.24, 2.45) is 5.73 Å². The van der Waals surface area contributed by atoms with Crippen molar-refractivity contribution in [1.29, 1.82) is 0 Å². The number of amides is 1. The van der Waals surface area contributed by atoms with E-state index in [1.165, 1.54) is 11.3 Å². The fourth-order valence-electron chi connectivity index (χ4n) is 3.48. The average Bonchev–Trinajstić information content (AvgIpc) is 3.23. The van der Waals surface area contributed by atoms with Crippen LogP contribution in [0.5, 0.6) is 0 Å². The third kappa shape index (κ3) is 6.00. The van der Waals surface area contributed by atoms with Gasteiger partial charge in [0.2, 0.25) is 0 Å². The van der Waals surface area contributed by atoms with E-state index < -0.39 is 18.1 Å². The van der Waals surface area contributed by atoms with Crippen molar-refractivity contribution in [3.05, 3.63) is 93.7 Å². The molecule has 30 heavy (non-hydrogen) atoms. The number of nitrogens with two attached hydrogens (primary N) is 1. The number of nitrogens with zero attached hydrogens (tertiary/aromatic N) is 1. The molecule has 1 aromatic heterocycles. The molecule has 0 saturated heterocycles. The number of aliphatic hydroxyl groups excluding tert-OH is 2. The molecule has 0 aliphatic heterocycles. The van der Waals surface area contributed by atoms with Crippen molar-refractivity contribution in [3.63, 3.8) is 0 Å². The van der Waals surface area contributed by atoms with Crippen molar-refractivity contribution in [1.82, 2.24) is 4.90 Å². The molecule has 0 saturated carbocycles. The second-order valence-corrected chi connectivity index (χ2v) is 8.66. The molecular weight excluding hydrogens is 396 g/mol. The van der Waals surface area contributed by atoms with Crippen molar-refractivity contribution in [2.75, 3.05) is 13.1 Å². The molecule has 0 unspecified atom stereocenters. The normalized spacial score (nSPS) is 14.4. The topological polar surface area (TPSA) is 86.8 Å². The van der Waals surface area contributed by atoms with E-state index in [2.05, 4.69) is 11.8 Å². The highest BCUT2D eigenvalue weighted by molar-refractivity contribution is 7.14. The van der Waals surface area contributed by atoms with Crippen LogP contribution in [-0.4, -0.2) is 40.2 Å². The zero-order valence-electron chi connectivity index (χ0n) is 17.0. The minimum atomic E-state index is -0.666. The molecule has 3 aromatic rings. The Balaban J connectivity index is 1.75. The summed E-state index contributed by atoms with van der Waals surface area (Å²) in [4.78, 5) is 15.1. The predicted octanol–water partition coefficient (Wildman–Crippen LogP) is 3.55. The fraction of sp³-hybridized carbons (Fsp3) is 0.292. The maximum Gasteiger partial charge on any atom is 0.258 e. The van der Waals surface area contributed by atoms with Crippen LogP contribution in [0, 0.1) is 0 Å². The molecule has 3 atom stereocenters. The van der Waals surface area contributed by atoms with E-state index in [9.17, 15) is 15.0 Å². The Hall–Kier alpha value is -2.51. The highest BCUT2D eigenvalue weighted by Gasteiger charge is 2.23. The van der Waals surface area contributed by atoms with E-state index in [1.54, 1.807) is 6.07 Å². The van der Waals surface area contributed by atoms with Crippen LogP contribution in [0.3, 0.4) is 0 Å². The molecular formula is C24H28N2O3S. The molecule has 0 aliphatic carbocycles. The second kappa shape index (κ2) is 10.5. The smallest absolute Gasteiger partial charge is 0.258 e. The highest BCUT2D eigenvalue weighted by Crippen LogP contribution is 2.23. The van der Waals surface area contributed by atoms with Crippen LogP contribution < -0.4 is 5.73 Å². The summed E-state index contributed by atoms with van der Waals surface area (Å²) in [7, 11) is 0. The van der Waals surface area contributed by atoms with Gasteiger partial charge in [0.15, 0.2) is 0 Å². The molecule has 4 N–H and O–H groups in total. The van der Waals surface area contributed by atoms with Crippen LogP contribution in [-0.2, 0) is 6.42 Å².